The van der Waals surface area contributed by atoms with E-state index in [4.69, 9.17) is 9.47 Å². The normalized spacial score (nSPS) is 14.2. The van der Waals surface area contributed by atoms with Gasteiger partial charge in [-0.25, -0.2) is 0 Å². The van der Waals surface area contributed by atoms with Gasteiger partial charge in [0.25, 0.3) is 0 Å². The molecule has 2 atom stereocenters. The highest BCUT2D eigenvalue weighted by molar-refractivity contribution is 5.88. The van der Waals surface area contributed by atoms with E-state index < -0.39 is 0 Å². The molecule has 5 nitrogen and oxygen atoms in total. The lowest BCUT2D eigenvalue weighted by Crippen LogP contribution is -2.28. The van der Waals surface area contributed by atoms with E-state index in [1.807, 2.05) is 61.7 Å². The summed E-state index contributed by atoms with van der Waals surface area (Å²) in [6.07, 6.45) is 3.33. The van der Waals surface area contributed by atoms with Crippen molar-refractivity contribution in [2.45, 2.75) is 38.6 Å². The largest absolute Gasteiger partial charge is 0.454 e. The summed E-state index contributed by atoms with van der Waals surface area (Å²) in [5.74, 6) is 1.36. The van der Waals surface area contributed by atoms with Gasteiger partial charge in [-0.1, -0.05) is 61.5 Å². The maximum atomic E-state index is 13.2. The fourth-order valence-corrected chi connectivity index (χ4v) is 4.67. The summed E-state index contributed by atoms with van der Waals surface area (Å²) < 4.78 is 11.1. The number of carbonyl (C=O) groups excluding carboxylic acids is 1. The number of aryl methyl sites for hydroxylation is 1. The van der Waals surface area contributed by atoms with Gasteiger partial charge in [0, 0.05) is 29.4 Å². The van der Waals surface area contributed by atoms with Gasteiger partial charge < -0.3 is 19.8 Å². The molecule has 0 fully saturated rings. The molecule has 2 heterocycles. The van der Waals surface area contributed by atoms with E-state index in [-0.39, 0.29) is 24.7 Å². The van der Waals surface area contributed by atoms with Crippen LogP contribution in [0, 0.1) is 0 Å². The van der Waals surface area contributed by atoms with Gasteiger partial charge in [0.05, 0.1) is 6.04 Å². The van der Waals surface area contributed by atoms with E-state index in [0.717, 1.165) is 45.5 Å². The van der Waals surface area contributed by atoms with E-state index in [1.54, 1.807) is 0 Å². The fraction of sp³-hybridized carbons (Fsp3) is 0.250. The van der Waals surface area contributed by atoms with Crippen molar-refractivity contribution in [2.75, 3.05) is 6.79 Å². The second-order valence-corrected chi connectivity index (χ2v) is 8.51. The molecule has 168 valence electrons. The fourth-order valence-electron chi connectivity index (χ4n) is 4.67. The SMILES string of the molecule is CCc1cccc2c([C@H](CC(=O)N[C@@H](C)c3ccccc3)c3ccc4c(c3)OCO4)c[nH]c12. The molecule has 1 aliphatic rings. The molecule has 5 heteroatoms. The van der Waals surface area contributed by atoms with Gasteiger partial charge in [0.2, 0.25) is 12.7 Å². The summed E-state index contributed by atoms with van der Waals surface area (Å²) in [5, 5.41) is 4.33. The third-order valence-electron chi connectivity index (χ3n) is 6.46. The first-order valence-electron chi connectivity index (χ1n) is 11.5. The maximum absolute atomic E-state index is 13.2. The molecule has 5 rings (SSSR count). The summed E-state index contributed by atoms with van der Waals surface area (Å²) in [6, 6.07) is 22.3. The van der Waals surface area contributed by atoms with Crippen LogP contribution in [0.2, 0.25) is 0 Å². The van der Waals surface area contributed by atoms with E-state index in [0.29, 0.717) is 6.42 Å². The number of ether oxygens (including phenoxy) is 2. The predicted octanol–water partition coefficient (Wildman–Crippen LogP) is 5.86. The van der Waals surface area contributed by atoms with Gasteiger partial charge in [-0.2, -0.15) is 0 Å². The average molecular weight is 441 g/mol. The number of hydrogen-bond donors (Lipinski definition) is 2. The van der Waals surface area contributed by atoms with Crippen LogP contribution < -0.4 is 14.8 Å². The zero-order valence-corrected chi connectivity index (χ0v) is 18.9. The van der Waals surface area contributed by atoms with Gasteiger partial charge in [0.1, 0.15) is 0 Å². The predicted molar refractivity (Wildman–Crippen MR) is 130 cm³/mol. The minimum absolute atomic E-state index is 0.00927. The van der Waals surface area contributed by atoms with Crippen LogP contribution in [0.1, 0.15) is 54.5 Å². The van der Waals surface area contributed by atoms with Gasteiger partial charge in [-0.3, -0.25) is 4.79 Å². The van der Waals surface area contributed by atoms with Crippen molar-refractivity contribution in [3.05, 3.63) is 95.2 Å². The molecule has 1 amide bonds. The van der Waals surface area contributed by atoms with Crippen molar-refractivity contribution in [1.82, 2.24) is 10.3 Å². The third kappa shape index (κ3) is 4.19. The lowest BCUT2D eigenvalue weighted by atomic mass is 9.87. The molecule has 0 saturated carbocycles. The molecule has 0 radical (unpaired) electrons. The summed E-state index contributed by atoms with van der Waals surface area (Å²) in [7, 11) is 0. The maximum Gasteiger partial charge on any atom is 0.231 e. The van der Waals surface area contributed by atoms with Crippen LogP contribution in [-0.4, -0.2) is 17.7 Å². The summed E-state index contributed by atoms with van der Waals surface area (Å²) in [6.45, 7) is 4.40. The van der Waals surface area contributed by atoms with Gasteiger partial charge in [-0.15, -0.1) is 0 Å². The van der Waals surface area contributed by atoms with E-state index in [9.17, 15) is 4.79 Å². The molecule has 1 aromatic heterocycles. The summed E-state index contributed by atoms with van der Waals surface area (Å²) in [5.41, 5.74) is 5.64. The van der Waals surface area contributed by atoms with Crippen LogP contribution in [0.25, 0.3) is 10.9 Å². The number of benzene rings is 3. The monoisotopic (exact) mass is 440 g/mol. The Balaban J connectivity index is 1.49. The molecular weight excluding hydrogens is 412 g/mol. The highest BCUT2D eigenvalue weighted by atomic mass is 16.7. The number of rotatable bonds is 7. The molecule has 0 bridgehead atoms. The molecule has 1 aliphatic heterocycles. The van der Waals surface area contributed by atoms with Gasteiger partial charge in [-0.05, 0) is 47.7 Å². The number of fused-ring (bicyclic) bond motifs is 2. The second-order valence-electron chi connectivity index (χ2n) is 8.51. The van der Waals surface area contributed by atoms with Gasteiger partial charge >= 0.3 is 0 Å². The van der Waals surface area contributed by atoms with Crippen molar-refractivity contribution < 1.29 is 14.3 Å². The molecule has 33 heavy (non-hydrogen) atoms. The Hall–Kier alpha value is -3.73. The van der Waals surface area contributed by atoms with E-state index in [2.05, 4.69) is 35.4 Å². The zero-order chi connectivity index (χ0) is 22.8. The number of amides is 1. The van der Waals surface area contributed by atoms with Crippen molar-refractivity contribution in [3.8, 4) is 11.5 Å². The Morgan fingerprint density at radius 1 is 1.00 bits per heavy atom. The summed E-state index contributed by atoms with van der Waals surface area (Å²) in [4.78, 5) is 16.7. The smallest absolute Gasteiger partial charge is 0.231 e. The van der Waals surface area contributed by atoms with Crippen molar-refractivity contribution in [3.63, 3.8) is 0 Å². The van der Waals surface area contributed by atoms with Crippen LogP contribution in [0.5, 0.6) is 11.5 Å². The highest BCUT2D eigenvalue weighted by Gasteiger charge is 2.25. The Morgan fingerprint density at radius 3 is 2.64 bits per heavy atom. The number of nitrogens with one attached hydrogen (secondary N) is 2. The van der Waals surface area contributed by atoms with Crippen LogP contribution in [0.3, 0.4) is 0 Å². The zero-order valence-electron chi connectivity index (χ0n) is 18.9. The standard InChI is InChI=1S/C28H28N2O3/c1-3-19-10-7-11-22-24(16-29-28(19)22)23(21-12-13-25-26(14-21)33-17-32-25)15-27(31)30-18(2)20-8-5-4-6-9-20/h4-14,16,18,23,29H,3,15,17H2,1-2H3,(H,30,31)/t18-,23+/m0/s1. The number of hydrogen-bond acceptors (Lipinski definition) is 3. The lowest BCUT2D eigenvalue weighted by Gasteiger charge is -2.20. The topological polar surface area (TPSA) is 63.4 Å². The quantitative estimate of drug-likeness (QED) is 0.378. The van der Waals surface area contributed by atoms with Gasteiger partial charge in [0.15, 0.2) is 11.5 Å². The van der Waals surface area contributed by atoms with Crippen LogP contribution >= 0.6 is 0 Å². The molecule has 0 spiro atoms. The molecular formula is C28H28N2O3. The molecule has 4 aromatic rings. The number of H-pyrrole nitrogens is 1. The molecule has 0 aliphatic carbocycles. The lowest BCUT2D eigenvalue weighted by molar-refractivity contribution is -0.121. The van der Waals surface area contributed by atoms with Crippen molar-refractivity contribution in [2.24, 2.45) is 0 Å². The van der Waals surface area contributed by atoms with Crippen molar-refractivity contribution in [1.29, 1.82) is 0 Å². The first-order chi connectivity index (χ1) is 16.1. The Kier molecular flexibility index (Phi) is 5.78. The number of aromatic nitrogens is 1. The number of carbonyl (C=O) groups is 1. The van der Waals surface area contributed by atoms with Crippen molar-refractivity contribution >= 4 is 16.8 Å². The Morgan fingerprint density at radius 2 is 1.82 bits per heavy atom. The summed E-state index contributed by atoms with van der Waals surface area (Å²) >= 11 is 0. The Labute approximate surface area is 193 Å². The number of aromatic amines is 1. The molecule has 3 aromatic carbocycles. The second kappa shape index (κ2) is 9.02. The minimum atomic E-state index is -0.122. The average Bonchev–Trinajstić information content (AvgIpc) is 3.49. The Bertz CT molecular complexity index is 1280. The van der Waals surface area contributed by atoms with E-state index in [1.165, 1.54) is 5.56 Å². The number of para-hydroxylation sites is 1. The molecule has 0 unspecified atom stereocenters. The van der Waals surface area contributed by atoms with Crippen LogP contribution in [0.15, 0.2) is 72.9 Å². The first kappa shape index (κ1) is 21.1. The van der Waals surface area contributed by atoms with Crippen LogP contribution in [-0.2, 0) is 11.2 Å². The third-order valence-corrected chi connectivity index (χ3v) is 6.46. The first-order valence-corrected chi connectivity index (χ1v) is 11.5. The minimum Gasteiger partial charge on any atom is -0.454 e. The highest BCUT2D eigenvalue weighted by Crippen LogP contribution is 2.40. The molecule has 2 N–H and O–H groups in total. The van der Waals surface area contributed by atoms with Crippen LogP contribution in [0.4, 0.5) is 0 Å². The molecule has 0 saturated heterocycles. The van der Waals surface area contributed by atoms with E-state index >= 15 is 0 Å².